The fraction of sp³-hybridized carbons (Fsp3) is 0.636. The van der Waals surface area contributed by atoms with Gasteiger partial charge in [0.25, 0.3) is 0 Å². The smallest absolute Gasteiger partial charge is 0.228 e. The molecule has 6 heteroatoms. The van der Waals surface area contributed by atoms with Gasteiger partial charge in [-0.05, 0) is 68.4 Å². The summed E-state index contributed by atoms with van der Waals surface area (Å²) in [7, 11) is 0. The van der Waals surface area contributed by atoms with E-state index >= 15 is 0 Å². The van der Waals surface area contributed by atoms with E-state index in [4.69, 9.17) is 14.7 Å². The predicted molar refractivity (Wildman–Crippen MR) is 114 cm³/mol. The molecule has 5 fully saturated rings. The van der Waals surface area contributed by atoms with Crippen molar-refractivity contribution in [1.29, 1.82) is 0 Å². The molecule has 2 aromatic rings. The molecule has 1 N–H and O–H groups in total. The topological polar surface area (TPSA) is 50.3 Å². The summed E-state index contributed by atoms with van der Waals surface area (Å²) >= 11 is 0. The molecule has 1 aromatic carbocycles. The molecule has 0 unspecified atom stereocenters. The van der Waals surface area contributed by atoms with Crippen molar-refractivity contribution in [3.63, 3.8) is 0 Å². The lowest BCUT2D eigenvalue weighted by atomic mass is 9.53. The van der Waals surface area contributed by atoms with E-state index in [-0.39, 0.29) is 17.9 Å². The van der Waals surface area contributed by atoms with Crippen LogP contribution in [0.1, 0.15) is 38.5 Å². The molecule has 5 aliphatic rings. The number of rotatable bonds is 3. The van der Waals surface area contributed by atoms with Crippen molar-refractivity contribution in [1.82, 2.24) is 9.97 Å². The Bertz CT molecular complexity index is 831. The Morgan fingerprint density at radius 3 is 2.25 bits per heavy atom. The van der Waals surface area contributed by atoms with Crippen molar-refractivity contribution in [3.8, 4) is 0 Å². The Morgan fingerprint density at radius 2 is 1.57 bits per heavy atom. The number of fused-ring (bicyclic) bond motifs is 1. The SMILES string of the molecule is Cl.c1ccc2c(NC34CC5CC(CC(C5)C3)C4)nc(N3CCOCC3)nc2c1. The summed E-state index contributed by atoms with van der Waals surface area (Å²) in [5.74, 6) is 4.68. The van der Waals surface area contributed by atoms with Crippen molar-refractivity contribution >= 4 is 35.1 Å². The average Bonchev–Trinajstić information content (AvgIpc) is 2.67. The first-order chi connectivity index (χ1) is 13.3. The second-order valence-corrected chi connectivity index (χ2v) is 9.31. The van der Waals surface area contributed by atoms with E-state index in [1.54, 1.807) is 0 Å². The Kier molecular flexibility index (Phi) is 4.63. The molecule has 0 atom stereocenters. The Balaban J connectivity index is 0.00000171. The van der Waals surface area contributed by atoms with Crippen LogP contribution in [-0.2, 0) is 4.74 Å². The third kappa shape index (κ3) is 3.13. The third-order valence-electron chi connectivity index (χ3n) is 7.31. The van der Waals surface area contributed by atoms with Gasteiger partial charge in [-0.25, -0.2) is 4.98 Å². The number of nitrogens with one attached hydrogen (secondary N) is 1. The summed E-state index contributed by atoms with van der Waals surface area (Å²) < 4.78 is 5.52. The molecular formula is C22H29ClN4O. The van der Waals surface area contributed by atoms with Crippen LogP contribution in [0.3, 0.4) is 0 Å². The zero-order chi connectivity index (χ0) is 17.8. The van der Waals surface area contributed by atoms with E-state index in [1.165, 1.54) is 38.5 Å². The summed E-state index contributed by atoms with van der Waals surface area (Å²) in [6.45, 7) is 3.26. The quantitative estimate of drug-likeness (QED) is 0.833. The number of morpholine rings is 1. The van der Waals surface area contributed by atoms with Gasteiger partial charge in [0, 0.05) is 24.0 Å². The van der Waals surface area contributed by atoms with Crippen LogP contribution >= 0.6 is 12.4 Å². The molecule has 1 aliphatic heterocycles. The van der Waals surface area contributed by atoms with Crippen LogP contribution in [0.15, 0.2) is 24.3 Å². The molecule has 150 valence electrons. The van der Waals surface area contributed by atoms with Crippen LogP contribution < -0.4 is 10.2 Å². The molecule has 0 radical (unpaired) electrons. The van der Waals surface area contributed by atoms with Crippen molar-refractivity contribution < 1.29 is 4.74 Å². The predicted octanol–water partition coefficient (Wildman–Crippen LogP) is 4.27. The third-order valence-corrected chi connectivity index (χ3v) is 7.31. The lowest BCUT2D eigenvalue weighted by molar-refractivity contribution is 0.0106. The van der Waals surface area contributed by atoms with Crippen molar-refractivity contribution in [3.05, 3.63) is 24.3 Å². The molecule has 1 saturated heterocycles. The average molecular weight is 401 g/mol. The fourth-order valence-corrected chi connectivity index (χ4v) is 6.58. The highest BCUT2D eigenvalue weighted by atomic mass is 35.5. The number of aromatic nitrogens is 2. The maximum absolute atomic E-state index is 5.52. The first-order valence-electron chi connectivity index (χ1n) is 10.6. The van der Waals surface area contributed by atoms with E-state index in [1.807, 2.05) is 0 Å². The van der Waals surface area contributed by atoms with E-state index in [0.717, 1.165) is 66.7 Å². The molecule has 7 rings (SSSR count). The van der Waals surface area contributed by atoms with Crippen molar-refractivity contribution in [2.75, 3.05) is 36.5 Å². The van der Waals surface area contributed by atoms with Gasteiger partial charge in [0.15, 0.2) is 0 Å². The molecule has 2 heterocycles. The molecule has 0 amide bonds. The lowest BCUT2D eigenvalue weighted by Gasteiger charge is -2.57. The normalized spacial score (nSPS) is 33.7. The molecule has 4 bridgehead atoms. The van der Waals surface area contributed by atoms with Gasteiger partial charge in [0.2, 0.25) is 5.95 Å². The zero-order valence-electron chi connectivity index (χ0n) is 16.3. The molecular weight excluding hydrogens is 372 g/mol. The lowest BCUT2D eigenvalue weighted by Crippen LogP contribution is -2.55. The standard InChI is InChI=1S/C22H28N4O.ClH/c1-2-4-19-18(3-1)20(24-21(23-19)26-5-7-27-8-6-26)25-22-12-15-9-16(13-22)11-17(10-15)14-22;/h1-4,15-17H,5-14H2,(H,23,24,25);1H. The van der Waals surface area contributed by atoms with E-state index in [0.29, 0.717) is 0 Å². The van der Waals surface area contributed by atoms with Crippen LogP contribution in [0.5, 0.6) is 0 Å². The van der Waals surface area contributed by atoms with Gasteiger partial charge >= 0.3 is 0 Å². The highest BCUT2D eigenvalue weighted by Gasteiger charge is 2.51. The van der Waals surface area contributed by atoms with Gasteiger partial charge in [-0.1, -0.05) is 12.1 Å². The summed E-state index contributed by atoms with van der Waals surface area (Å²) in [6, 6.07) is 8.46. The largest absolute Gasteiger partial charge is 0.378 e. The summed E-state index contributed by atoms with van der Waals surface area (Å²) in [6.07, 6.45) is 8.36. The molecule has 4 aliphatic carbocycles. The first-order valence-corrected chi connectivity index (χ1v) is 10.6. The Morgan fingerprint density at radius 1 is 0.929 bits per heavy atom. The number of ether oxygens (including phenoxy) is 1. The van der Waals surface area contributed by atoms with Crippen molar-refractivity contribution in [2.45, 2.75) is 44.1 Å². The molecule has 0 spiro atoms. The summed E-state index contributed by atoms with van der Waals surface area (Å²) in [4.78, 5) is 12.2. The Hall–Kier alpha value is -1.59. The van der Waals surface area contributed by atoms with E-state index in [9.17, 15) is 0 Å². The summed E-state index contributed by atoms with van der Waals surface area (Å²) in [5.41, 5.74) is 1.30. The summed E-state index contributed by atoms with van der Waals surface area (Å²) in [5, 5.41) is 5.16. The van der Waals surface area contributed by atoms with Gasteiger partial charge < -0.3 is 15.0 Å². The molecule has 4 saturated carbocycles. The number of nitrogens with zero attached hydrogens (tertiary/aromatic N) is 3. The van der Waals surface area contributed by atoms with Crippen LogP contribution in [0, 0.1) is 17.8 Å². The Labute approximate surface area is 172 Å². The van der Waals surface area contributed by atoms with E-state index < -0.39 is 0 Å². The highest BCUT2D eigenvalue weighted by molar-refractivity contribution is 5.90. The van der Waals surface area contributed by atoms with Gasteiger partial charge in [-0.3, -0.25) is 0 Å². The first kappa shape index (κ1) is 18.4. The molecule has 5 nitrogen and oxygen atoms in total. The van der Waals surface area contributed by atoms with Crippen LogP contribution in [-0.4, -0.2) is 41.8 Å². The van der Waals surface area contributed by atoms with E-state index in [2.05, 4.69) is 34.5 Å². The van der Waals surface area contributed by atoms with Crippen LogP contribution in [0.2, 0.25) is 0 Å². The monoisotopic (exact) mass is 400 g/mol. The number of halogens is 1. The van der Waals surface area contributed by atoms with Gasteiger partial charge in [-0.15, -0.1) is 12.4 Å². The van der Waals surface area contributed by atoms with Gasteiger partial charge in [0.1, 0.15) is 5.82 Å². The minimum atomic E-state index is 0. The zero-order valence-corrected chi connectivity index (χ0v) is 17.1. The number of benzene rings is 1. The number of para-hydroxylation sites is 1. The number of anilines is 2. The van der Waals surface area contributed by atoms with Crippen LogP contribution in [0.4, 0.5) is 11.8 Å². The molecule has 28 heavy (non-hydrogen) atoms. The second kappa shape index (κ2) is 7.03. The number of hydrogen-bond donors (Lipinski definition) is 1. The van der Waals surface area contributed by atoms with Crippen molar-refractivity contribution in [2.24, 2.45) is 17.8 Å². The number of hydrogen-bond acceptors (Lipinski definition) is 5. The van der Waals surface area contributed by atoms with Gasteiger partial charge in [0.05, 0.1) is 18.7 Å². The second-order valence-electron chi connectivity index (χ2n) is 9.31. The van der Waals surface area contributed by atoms with Crippen LogP contribution in [0.25, 0.3) is 10.9 Å². The highest BCUT2D eigenvalue weighted by Crippen LogP contribution is 2.56. The molecule has 1 aromatic heterocycles. The minimum absolute atomic E-state index is 0. The minimum Gasteiger partial charge on any atom is -0.378 e. The van der Waals surface area contributed by atoms with Gasteiger partial charge in [-0.2, -0.15) is 4.98 Å². The fourth-order valence-electron chi connectivity index (χ4n) is 6.58. The maximum Gasteiger partial charge on any atom is 0.228 e. The maximum atomic E-state index is 5.52.